The number of rotatable bonds is 6. The highest BCUT2D eigenvalue weighted by Gasteiger charge is 2.22. The van der Waals surface area contributed by atoms with Gasteiger partial charge in [0.05, 0.1) is 11.1 Å². The van der Waals surface area contributed by atoms with Crippen molar-refractivity contribution in [3.05, 3.63) is 28.2 Å². The van der Waals surface area contributed by atoms with Gasteiger partial charge in [0.15, 0.2) is 0 Å². The second kappa shape index (κ2) is 5.71. The molecule has 5 heteroatoms. The van der Waals surface area contributed by atoms with Crippen LogP contribution in [-0.2, 0) is 11.2 Å². The van der Waals surface area contributed by atoms with Gasteiger partial charge >= 0.3 is 5.97 Å². The first kappa shape index (κ1) is 13.4. The lowest BCUT2D eigenvalue weighted by Crippen LogP contribution is -2.32. The van der Waals surface area contributed by atoms with E-state index < -0.39 is 12.0 Å². The Morgan fingerprint density at radius 3 is 2.83 bits per heavy atom. The Balaban J connectivity index is 1.97. The second-order valence-corrected chi connectivity index (χ2v) is 5.52. The van der Waals surface area contributed by atoms with Crippen molar-refractivity contribution in [2.75, 3.05) is 6.61 Å². The van der Waals surface area contributed by atoms with Gasteiger partial charge in [-0.1, -0.05) is 6.07 Å². The Bertz CT molecular complexity index is 446. The Morgan fingerprint density at radius 2 is 2.28 bits per heavy atom. The van der Waals surface area contributed by atoms with Crippen molar-refractivity contribution in [1.29, 1.82) is 0 Å². The van der Waals surface area contributed by atoms with Crippen molar-refractivity contribution in [2.24, 2.45) is 11.7 Å². The molecule has 98 valence electrons. The lowest BCUT2D eigenvalue weighted by molar-refractivity contribution is -0.138. The average Bonchev–Trinajstić information content (AvgIpc) is 3.11. The number of carboxylic acid groups (broad SMARTS) is 1. The fourth-order valence-corrected chi connectivity index (χ4v) is 2.16. The van der Waals surface area contributed by atoms with Crippen LogP contribution in [0.25, 0.3) is 0 Å². The lowest BCUT2D eigenvalue weighted by atomic mass is 10.1. The first-order valence-corrected chi connectivity index (χ1v) is 6.75. The van der Waals surface area contributed by atoms with E-state index in [2.05, 4.69) is 15.9 Å². The summed E-state index contributed by atoms with van der Waals surface area (Å²) in [6.07, 6.45) is 2.82. The van der Waals surface area contributed by atoms with Crippen molar-refractivity contribution in [1.82, 2.24) is 0 Å². The molecule has 1 atom stereocenters. The zero-order valence-corrected chi connectivity index (χ0v) is 11.5. The van der Waals surface area contributed by atoms with E-state index in [0.29, 0.717) is 12.3 Å². The Kier molecular flexibility index (Phi) is 4.24. The van der Waals surface area contributed by atoms with Crippen LogP contribution < -0.4 is 10.5 Å². The molecule has 0 bridgehead atoms. The second-order valence-electron chi connectivity index (χ2n) is 4.67. The first-order valence-electron chi connectivity index (χ1n) is 5.96. The molecule has 0 saturated heterocycles. The van der Waals surface area contributed by atoms with Gasteiger partial charge in [-0.3, -0.25) is 4.79 Å². The van der Waals surface area contributed by atoms with E-state index in [1.165, 1.54) is 12.8 Å². The summed E-state index contributed by atoms with van der Waals surface area (Å²) in [5, 5.41) is 8.76. The highest BCUT2D eigenvalue weighted by Crippen LogP contribution is 2.32. The summed E-state index contributed by atoms with van der Waals surface area (Å²) in [4.78, 5) is 10.7. The van der Waals surface area contributed by atoms with Crippen LogP contribution in [0.2, 0.25) is 0 Å². The van der Waals surface area contributed by atoms with Crippen LogP contribution >= 0.6 is 15.9 Å². The van der Waals surface area contributed by atoms with Crippen molar-refractivity contribution in [2.45, 2.75) is 25.3 Å². The fourth-order valence-electron chi connectivity index (χ4n) is 1.62. The Morgan fingerprint density at radius 1 is 1.56 bits per heavy atom. The molecule has 1 aliphatic carbocycles. The maximum absolute atomic E-state index is 10.7. The summed E-state index contributed by atoms with van der Waals surface area (Å²) < 4.78 is 6.52. The summed E-state index contributed by atoms with van der Waals surface area (Å²) in [6.45, 7) is 0.757. The number of nitrogens with two attached hydrogens (primary N) is 1. The third kappa shape index (κ3) is 3.71. The minimum atomic E-state index is -0.986. The van der Waals surface area contributed by atoms with Crippen LogP contribution in [-0.4, -0.2) is 23.7 Å². The number of aliphatic carboxylic acids is 1. The van der Waals surface area contributed by atoms with Crippen LogP contribution in [0, 0.1) is 5.92 Å². The first-order chi connectivity index (χ1) is 8.56. The van der Waals surface area contributed by atoms with Gasteiger partial charge in [0.1, 0.15) is 11.8 Å². The fraction of sp³-hybridized carbons (Fsp3) is 0.462. The monoisotopic (exact) mass is 313 g/mol. The summed E-state index contributed by atoms with van der Waals surface area (Å²) >= 11 is 3.43. The maximum Gasteiger partial charge on any atom is 0.320 e. The van der Waals surface area contributed by atoms with Crippen LogP contribution in [0.3, 0.4) is 0 Å². The van der Waals surface area contributed by atoms with Crippen LogP contribution in [0.4, 0.5) is 0 Å². The molecule has 0 aromatic heterocycles. The molecular weight excluding hydrogens is 298 g/mol. The van der Waals surface area contributed by atoms with Gasteiger partial charge in [-0.15, -0.1) is 0 Å². The van der Waals surface area contributed by atoms with Crippen molar-refractivity contribution >= 4 is 21.9 Å². The lowest BCUT2D eigenvalue weighted by Gasteiger charge is -2.10. The van der Waals surface area contributed by atoms with Crippen LogP contribution in [0.5, 0.6) is 5.75 Å². The molecule has 3 N–H and O–H groups in total. The predicted octanol–water partition coefficient (Wildman–Crippen LogP) is 2.19. The number of carboxylic acids is 1. The van der Waals surface area contributed by atoms with Crippen molar-refractivity contribution in [3.63, 3.8) is 0 Å². The van der Waals surface area contributed by atoms with Gasteiger partial charge in [0.2, 0.25) is 0 Å². The van der Waals surface area contributed by atoms with Gasteiger partial charge in [0, 0.05) is 0 Å². The normalized spacial score (nSPS) is 16.3. The summed E-state index contributed by atoms with van der Waals surface area (Å²) in [6, 6.07) is 4.71. The molecule has 0 spiro atoms. The minimum Gasteiger partial charge on any atom is -0.492 e. The Labute approximate surface area is 114 Å². The summed E-state index contributed by atoms with van der Waals surface area (Å²) in [5.41, 5.74) is 6.38. The zero-order valence-electron chi connectivity index (χ0n) is 9.93. The van der Waals surface area contributed by atoms with E-state index in [0.717, 1.165) is 22.4 Å². The van der Waals surface area contributed by atoms with E-state index in [4.69, 9.17) is 15.6 Å². The van der Waals surface area contributed by atoms with E-state index >= 15 is 0 Å². The molecule has 1 aromatic carbocycles. The number of halogens is 1. The summed E-state index contributed by atoms with van der Waals surface area (Å²) in [7, 11) is 0. The number of benzene rings is 1. The summed E-state index contributed by atoms with van der Waals surface area (Å²) in [5.74, 6) is 0.520. The molecule has 0 aliphatic heterocycles. The molecule has 1 unspecified atom stereocenters. The van der Waals surface area contributed by atoms with Gasteiger partial charge in [-0.05, 0) is 58.8 Å². The number of hydrogen-bond donors (Lipinski definition) is 2. The maximum atomic E-state index is 10.7. The average molecular weight is 314 g/mol. The molecule has 18 heavy (non-hydrogen) atoms. The molecular formula is C13H16BrNO3. The highest BCUT2D eigenvalue weighted by molar-refractivity contribution is 9.10. The van der Waals surface area contributed by atoms with E-state index in [9.17, 15) is 4.79 Å². The highest BCUT2D eigenvalue weighted by atomic mass is 79.9. The quantitative estimate of drug-likeness (QED) is 0.844. The van der Waals surface area contributed by atoms with Crippen molar-refractivity contribution < 1.29 is 14.6 Å². The van der Waals surface area contributed by atoms with Crippen LogP contribution in [0.15, 0.2) is 22.7 Å². The number of ether oxygens (including phenoxy) is 1. The molecule has 0 radical (unpaired) electrons. The number of carbonyl (C=O) groups is 1. The Hall–Kier alpha value is -1.07. The molecule has 1 saturated carbocycles. The molecule has 0 amide bonds. The standard InChI is InChI=1S/C13H16BrNO3/c14-10-5-9(6-11(15)13(16)17)3-4-12(10)18-7-8-1-2-8/h3-5,8,11H,1-2,6-7,15H2,(H,16,17). The topological polar surface area (TPSA) is 72.5 Å². The largest absolute Gasteiger partial charge is 0.492 e. The van der Waals surface area contributed by atoms with Gasteiger partial charge in [0.25, 0.3) is 0 Å². The van der Waals surface area contributed by atoms with Gasteiger partial charge < -0.3 is 15.6 Å². The SMILES string of the molecule is NC(Cc1ccc(OCC2CC2)c(Br)c1)C(=O)O. The molecule has 2 rings (SSSR count). The zero-order chi connectivity index (χ0) is 13.1. The van der Waals surface area contributed by atoms with Gasteiger partial charge in [-0.2, -0.15) is 0 Å². The predicted molar refractivity (Wildman–Crippen MR) is 71.7 cm³/mol. The van der Waals surface area contributed by atoms with Crippen LogP contribution in [0.1, 0.15) is 18.4 Å². The van der Waals surface area contributed by atoms with E-state index in [1.807, 2.05) is 18.2 Å². The molecule has 1 aromatic rings. The molecule has 4 nitrogen and oxygen atoms in total. The molecule has 1 fully saturated rings. The third-order valence-corrected chi connectivity index (χ3v) is 3.56. The molecule has 1 aliphatic rings. The van der Waals surface area contributed by atoms with Crippen molar-refractivity contribution in [3.8, 4) is 5.75 Å². The minimum absolute atomic E-state index is 0.316. The smallest absolute Gasteiger partial charge is 0.320 e. The molecule has 0 heterocycles. The number of hydrogen-bond acceptors (Lipinski definition) is 3. The van der Waals surface area contributed by atoms with E-state index in [-0.39, 0.29) is 0 Å². The van der Waals surface area contributed by atoms with E-state index in [1.54, 1.807) is 0 Å². The third-order valence-electron chi connectivity index (χ3n) is 2.94. The van der Waals surface area contributed by atoms with Gasteiger partial charge in [-0.25, -0.2) is 0 Å².